The minimum absolute atomic E-state index is 0.161. The maximum Gasteiger partial charge on any atom is 0.272 e. The van der Waals surface area contributed by atoms with Crippen LogP contribution in [0.25, 0.3) is 0 Å². The van der Waals surface area contributed by atoms with Crippen molar-refractivity contribution < 1.29 is 9.66 Å². The zero-order valence-corrected chi connectivity index (χ0v) is 14.2. The SMILES string of the molecule is Cc1c(CSc2nnc(N3CCOCC3)s2)cccc1[N+](=O)[O-]. The smallest absolute Gasteiger partial charge is 0.272 e. The average molecular weight is 352 g/mol. The van der Waals surface area contributed by atoms with E-state index in [-0.39, 0.29) is 10.6 Å². The first kappa shape index (κ1) is 16.2. The molecule has 1 aromatic carbocycles. The fraction of sp³-hybridized carbons (Fsp3) is 0.429. The largest absolute Gasteiger partial charge is 0.378 e. The van der Waals surface area contributed by atoms with Gasteiger partial charge in [0.25, 0.3) is 5.69 Å². The molecule has 2 heterocycles. The van der Waals surface area contributed by atoms with E-state index in [0.717, 1.165) is 41.3 Å². The molecular formula is C14H16N4O3S2. The van der Waals surface area contributed by atoms with Crippen LogP contribution in [0.2, 0.25) is 0 Å². The van der Waals surface area contributed by atoms with Gasteiger partial charge in [-0.05, 0) is 12.5 Å². The molecule has 122 valence electrons. The maximum atomic E-state index is 11.0. The molecule has 0 aliphatic carbocycles. The summed E-state index contributed by atoms with van der Waals surface area (Å²) in [4.78, 5) is 12.8. The van der Waals surface area contributed by atoms with Gasteiger partial charge in [0.1, 0.15) is 0 Å². The first-order valence-electron chi connectivity index (χ1n) is 7.17. The molecule has 1 fully saturated rings. The summed E-state index contributed by atoms with van der Waals surface area (Å²) in [6, 6.07) is 5.17. The van der Waals surface area contributed by atoms with E-state index in [4.69, 9.17) is 4.74 Å². The van der Waals surface area contributed by atoms with Crippen molar-refractivity contribution in [3.8, 4) is 0 Å². The second-order valence-electron chi connectivity index (χ2n) is 5.06. The van der Waals surface area contributed by atoms with Crippen molar-refractivity contribution in [1.29, 1.82) is 0 Å². The standard InChI is InChI=1S/C14H16N4O3S2/c1-10-11(3-2-4-12(10)18(19)20)9-22-14-16-15-13(23-14)17-5-7-21-8-6-17/h2-4H,5-9H2,1H3. The van der Waals surface area contributed by atoms with Crippen LogP contribution in [0.5, 0.6) is 0 Å². The van der Waals surface area contributed by atoms with Crippen LogP contribution in [-0.4, -0.2) is 41.4 Å². The fourth-order valence-electron chi connectivity index (χ4n) is 2.31. The molecule has 1 saturated heterocycles. The Morgan fingerprint density at radius 2 is 2.17 bits per heavy atom. The third-order valence-corrected chi connectivity index (χ3v) is 5.81. The van der Waals surface area contributed by atoms with E-state index in [9.17, 15) is 10.1 Å². The predicted octanol–water partition coefficient (Wildman–Crippen LogP) is 2.88. The van der Waals surface area contributed by atoms with E-state index in [0.29, 0.717) is 11.3 Å². The molecule has 2 aromatic rings. The van der Waals surface area contributed by atoms with Crippen molar-refractivity contribution in [1.82, 2.24) is 10.2 Å². The number of nitro benzene ring substituents is 1. The average Bonchev–Trinajstić information content (AvgIpc) is 3.03. The van der Waals surface area contributed by atoms with E-state index in [1.807, 2.05) is 6.07 Å². The highest BCUT2D eigenvalue weighted by atomic mass is 32.2. The van der Waals surface area contributed by atoms with Gasteiger partial charge in [-0.3, -0.25) is 10.1 Å². The predicted molar refractivity (Wildman–Crippen MR) is 90.3 cm³/mol. The molecule has 3 rings (SSSR count). The zero-order valence-electron chi connectivity index (χ0n) is 12.6. The number of aromatic nitrogens is 2. The molecule has 1 aliphatic rings. The highest BCUT2D eigenvalue weighted by Gasteiger charge is 2.17. The molecule has 7 nitrogen and oxygen atoms in total. The molecule has 0 amide bonds. The molecule has 1 aliphatic heterocycles. The van der Waals surface area contributed by atoms with Gasteiger partial charge in [0.15, 0.2) is 4.34 Å². The number of anilines is 1. The zero-order chi connectivity index (χ0) is 16.2. The van der Waals surface area contributed by atoms with Gasteiger partial charge < -0.3 is 9.64 Å². The van der Waals surface area contributed by atoms with Crippen LogP contribution in [0.4, 0.5) is 10.8 Å². The second kappa shape index (κ2) is 7.24. The summed E-state index contributed by atoms with van der Waals surface area (Å²) >= 11 is 3.11. The Labute approximate surface area is 141 Å². The molecule has 0 atom stereocenters. The van der Waals surface area contributed by atoms with Crippen molar-refractivity contribution in [2.24, 2.45) is 0 Å². The van der Waals surface area contributed by atoms with Crippen LogP contribution in [0.3, 0.4) is 0 Å². The van der Waals surface area contributed by atoms with E-state index in [1.54, 1.807) is 36.1 Å². The lowest BCUT2D eigenvalue weighted by atomic mass is 10.1. The molecule has 0 spiro atoms. The van der Waals surface area contributed by atoms with Crippen LogP contribution in [-0.2, 0) is 10.5 Å². The van der Waals surface area contributed by atoms with Crippen molar-refractivity contribution in [3.05, 3.63) is 39.4 Å². The van der Waals surface area contributed by atoms with Crippen LogP contribution in [0.1, 0.15) is 11.1 Å². The van der Waals surface area contributed by atoms with Gasteiger partial charge in [-0.15, -0.1) is 10.2 Å². The summed E-state index contributed by atoms with van der Waals surface area (Å²) in [6.07, 6.45) is 0. The van der Waals surface area contributed by atoms with Crippen molar-refractivity contribution in [2.75, 3.05) is 31.2 Å². The Morgan fingerprint density at radius 1 is 1.39 bits per heavy atom. The van der Waals surface area contributed by atoms with Gasteiger partial charge in [-0.25, -0.2) is 0 Å². The maximum absolute atomic E-state index is 11.0. The topological polar surface area (TPSA) is 81.4 Å². The monoisotopic (exact) mass is 352 g/mol. The molecular weight excluding hydrogens is 336 g/mol. The molecule has 9 heteroatoms. The number of ether oxygens (including phenoxy) is 1. The van der Waals surface area contributed by atoms with Crippen LogP contribution >= 0.6 is 23.1 Å². The van der Waals surface area contributed by atoms with E-state index < -0.39 is 0 Å². The molecule has 0 bridgehead atoms. The molecule has 23 heavy (non-hydrogen) atoms. The van der Waals surface area contributed by atoms with E-state index >= 15 is 0 Å². The van der Waals surface area contributed by atoms with Crippen molar-refractivity contribution >= 4 is 33.9 Å². The number of benzene rings is 1. The number of hydrogen-bond acceptors (Lipinski definition) is 8. The Morgan fingerprint density at radius 3 is 2.91 bits per heavy atom. The van der Waals surface area contributed by atoms with Crippen LogP contribution < -0.4 is 4.90 Å². The normalized spacial score (nSPS) is 14.9. The quantitative estimate of drug-likeness (QED) is 0.465. The van der Waals surface area contributed by atoms with Gasteiger partial charge in [0, 0.05) is 30.5 Å². The summed E-state index contributed by atoms with van der Waals surface area (Å²) in [5.41, 5.74) is 1.82. The Kier molecular flexibility index (Phi) is 5.09. The molecule has 0 saturated carbocycles. The number of rotatable bonds is 5. The Balaban J connectivity index is 1.66. The minimum Gasteiger partial charge on any atom is -0.378 e. The molecule has 1 aromatic heterocycles. The highest BCUT2D eigenvalue weighted by Crippen LogP contribution is 2.32. The number of nitrogens with zero attached hydrogens (tertiary/aromatic N) is 4. The first-order chi connectivity index (χ1) is 11.1. The van der Waals surface area contributed by atoms with E-state index in [1.165, 1.54) is 6.07 Å². The van der Waals surface area contributed by atoms with Crippen LogP contribution in [0.15, 0.2) is 22.5 Å². The molecule has 0 N–H and O–H groups in total. The van der Waals surface area contributed by atoms with E-state index in [2.05, 4.69) is 15.1 Å². The molecule has 0 radical (unpaired) electrons. The van der Waals surface area contributed by atoms with Gasteiger partial charge in [-0.1, -0.05) is 35.2 Å². The van der Waals surface area contributed by atoms with Gasteiger partial charge in [-0.2, -0.15) is 0 Å². The summed E-state index contributed by atoms with van der Waals surface area (Å²) in [6.45, 7) is 4.89. The van der Waals surface area contributed by atoms with Crippen molar-refractivity contribution in [2.45, 2.75) is 17.0 Å². The van der Waals surface area contributed by atoms with Crippen LogP contribution in [0, 0.1) is 17.0 Å². The van der Waals surface area contributed by atoms with Gasteiger partial charge >= 0.3 is 0 Å². The number of morpholine rings is 1. The fourth-order valence-corrected chi connectivity index (χ4v) is 4.26. The summed E-state index contributed by atoms with van der Waals surface area (Å²) in [7, 11) is 0. The summed E-state index contributed by atoms with van der Waals surface area (Å²) in [5.74, 6) is 0.644. The second-order valence-corrected chi connectivity index (χ2v) is 7.24. The Hall–Kier alpha value is -1.71. The molecule has 0 unspecified atom stereocenters. The third-order valence-electron chi connectivity index (χ3n) is 3.64. The van der Waals surface area contributed by atoms with Crippen molar-refractivity contribution in [3.63, 3.8) is 0 Å². The van der Waals surface area contributed by atoms with Gasteiger partial charge in [0.2, 0.25) is 5.13 Å². The first-order valence-corrected chi connectivity index (χ1v) is 8.97. The number of hydrogen-bond donors (Lipinski definition) is 0. The van der Waals surface area contributed by atoms with Gasteiger partial charge in [0.05, 0.1) is 18.1 Å². The number of nitro groups is 1. The summed E-state index contributed by atoms with van der Waals surface area (Å²) in [5, 5.41) is 20.3. The highest BCUT2D eigenvalue weighted by molar-refractivity contribution is 8.00. The Bertz CT molecular complexity index is 701. The lowest BCUT2D eigenvalue weighted by molar-refractivity contribution is -0.385. The number of thioether (sulfide) groups is 1. The third kappa shape index (κ3) is 3.80. The lowest BCUT2D eigenvalue weighted by Gasteiger charge is -2.25. The summed E-state index contributed by atoms with van der Waals surface area (Å²) < 4.78 is 6.20. The minimum atomic E-state index is -0.342. The lowest BCUT2D eigenvalue weighted by Crippen LogP contribution is -2.36.